The molecule has 0 radical (unpaired) electrons. The Morgan fingerprint density at radius 2 is 2.08 bits per heavy atom. The van der Waals surface area contributed by atoms with E-state index in [2.05, 4.69) is 19.1 Å². The van der Waals surface area contributed by atoms with E-state index in [1.165, 1.54) is 12.5 Å². The molecular formula is C21H26O5. The van der Waals surface area contributed by atoms with Gasteiger partial charge in [0.1, 0.15) is 12.2 Å². The fraction of sp³-hybridized carbons (Fsp3) is 0.524. The molecule has 1 aromatic carbocycles. The summed E-state index contributed by atoms with van der Waals surface area (Å²) in [6.45, 7) is 5.62. The van der Waals surface area contributed by atoms with Crippen LogP contribution in [0.3, 0.4) is 0 Å². The summed E-state index contributed by atoms with van der Waals surface area (Å²) in [4.78, 5) is 23.1. The van der Waals surface area contributed by atoms with Gasteiger partial charge in [0.15, 0.2) is 0 Å². The van der Waals surface area contributed by atoms with Crippen LogP contribution in [0, 0.1) is 12.8 Å². The van der Waals surface area contributed by atoms with Crippen LogP contribution in [-0.4, -0.2) is 29.3 Å². The van der Waals surface area contributed by atoms with Gasteiger partial charge in [-0.25, -0.2) is 0 Å². The van der Waals surface area contributed by atoms with Crippen molar-refractivity contribution in [1.29, 1.82) is 0 Å². The van der Waals surface area contributed by atoms with Crippen LogP contribution in [0.15, 0.2) is 18.2 Å². The molecule has 0 amide bonds. The van der Waals surface area contributed by atoms with E-state index in [0.717, 1.165) is 29.5 Å². The lowest BCUT2D eigenvalue weighted by Gasteiger charge is -2.31. The highest BCUT2D eigenvalue weighted by Gasteiger charge is 2.30. The first-order valence-corrected chi connectivity index (χ1v) is 9.18. The Kier molecular flexibility index (Phi) is 5.47. The van der Waals surface area contributed by atoms with E-state index in [0.29, 0.717) is 12.3 Å². The zero-order chi connectivity index (χ0) is 18.8. The molecule has 1 aliphatic heterocycles. The molecule has 5 heteroatoms. The Bertz CT molecular complexity index is 736. The summed E-state index contributed by atoms with van der Waals surface area (Å²) >= 11 is 0. The molecule has 1 saturated heterocycles. The third-order valence-corrected chi connectivity index (χ3v) is 5.08. The molecular weight excluding hydrogens is 332 g/mol. The van der Waals surface area contributed by atoms with Crippen LogP contribution in [0.25, 0.3) is 6.08 Å². The number of aliphatic hydroxyl groups excluding tert-OH is 1. The lowest BCUT2D eigenvalue weighted by molar-refractivity contribution is -0.156. The molecule has 3 rings (SSSR count). The third-order valence-electron chi connectivity index (χ3n) is 5.08. The molecule has 4 unspecified atom stereocenters. The number of rotatable bonds is 3. The number of carbonyl (C=O) groups is 2. The van der Waals surface area contributed by atoms with E-state index in [4.69, 9.17) is 9.47 Å². The van der Waals surface area contributed by atoms with Gasteiger partial charge in [0, 0.05) is 18.9 Å². The number of esters is 2. The number of ether oxygens (including phenoxy) is 2. The van der Waals surface area contributed by atoms with Crippen LogP contribution in [0.5, 0.6) is 0 Å². The second-order valence-electron chi connectivity index (χ2n) is 7.49. The molecule has 1 aromatic rings. The first-order valence-electron chi connectivity index (χ1n) is 9.18. The SMILES string of the molecule is CC(=O)OC1CC(C)Cc2ccc(C)c(C=CC3CC(O)CC(=O)O3)c21. The minimum absolute atomic E-state index is 0.0521. The fourth-order valence-corrected chi connectivity index (χ4v) is 3.95. The maximum Gasteiger partial charge on any atom is 0.309 e. The number of aryl methyl sites for hydroxylation is 1. The molecule has 26 heavy (non-hydrogen) atoms. The monoisotopic (exact) mass is 358 g/mol. The topological polar surface area (TPSA) is 72.8 Å². The predicted molar refractivity (Wildman–Crippen MR) is 97.3 cm³/mol. The number of hydrogen-bond donors (Lipinski definition) is 1. The normalized spacial score (nSPS) is 28.5. The van der Waals surface area contributed by atoms with Crippen LogP contribution >= 0.6 is 0 Å². The molecule has 140 valence electrons. The summed E-state index contributed by atoms with van der Waals surface area (Å²) in [6.07, 6.45) is 4.62. The van der Waals surface area contributed by atoms with Crippen LogP contribution < -0.4 is 0 Å². The van der Waals surface area contributed by atoms with Crippen molar-refractivity contribution in [2.45, 2.75) is 64.8 Å². The number of carbonyl (C=O) groups excluding carboxylic acids is 2. The molecule has 1 N–H and O–H groups in total. The zero-order valence-corrected chi connectivity index (χ0v) is 15.5. The number of cyclic esters (lactones) is 1. The van der Waals surface area contributed by atoms with Crippen molar-refractivity contribution in [3.63, 3.8) is 0 Å². The average molecular weight is 358 g/mol. The molecule has 0 aromatic heterocycles. The van der Waals surface area contributed by atoms with Crippen molar-refractivity contribution in [3.05, 3.63) is 40.5 Å². The van der Waals surface area contributed by atoms with Crippen molar-refractivity contribution in [2.24, 2.45) is 5.92 Å². The lowest BCUT2D eigenvalue weighted by Crippen LogP contribution is -2.31. The highest BCUT2D eigenvalue weighted by Crippen LogP contribution is 2.39. The zero-order valence-electron chi connectivity index (χ0n) is 15.5. The predicted octanol–water partition coefficient (Wildman–Crippen LogP) is 3.26. The van der Waals surface area contributed by atoms with Gasteiger partial charge in [0.25, 0.3) is 0 Å². The second-order valence-corrected chi connectivity index (χ2v) is 7.49. The summed E-state index contributed by atoms with van der Waals surface area (Å²) < 4.78 is 10.9. The van der Waals surface area contributed by atoms with Gasteiger partial charge in [-0.15, -0.1) is 0 Å². The van der Waals surface area contributed by atoms with Gasteiger partial charge in [0.2, 0.25) is 0 Å². The van der Waals surface area contributed by atoms with Crippen LogP contribution in [0.2, 0.25) is 0 Å². The Balaban J connectivity index is 1.94. The lowest BCUT2D eigenvalue weighted by atomic mass is 9.79. The van der Waals surface area contributed by atoms with Gasteiger partial charge < -0.3 is 14.6 Å². The standard InChI is InChI=1S/C21H26O5/c1-12-8-15-5-4-13(2)18(21(15)19(9-12)25-14(3)22)7-6-17-10-16(23)11-20(24)26-17/h4-7,12,16-17,19,23H,8-11H2,1-3H3. The van der Waals surface area contributed by atoms with Crippen molar-refractivity contribution in [1.82, 2.24) is 0 Å². The number of benzene rings is 1. The Labute approximate surface area is 154 Å². The molecule has 2 aliphatic rings. The van der Waals surface area contributed by atoms with Gasteiger partial charge in [-0.2, -0.15) is 0 Å². The summed E-state index contributed by atoms with van der Waals surface area (Å²) in [5, 5.41) is 9.77. The smallest absolute Gasteiger partial charge is 0.309 e. The molecule has 0 spiro atoms. The first-order chi connectivity index (χ1) is 12.3. The fourth-order valence-electron chi connectivity index (χ4n) is 3.95. The highest BCUT2D eigenvalue weighted by atomic mass is 16.5. The van der Waals surface area contributed by atoms with E-state index in [-0.39, 0.29) is 24.5 Å². The number of fused-ring (bicyclic) bond motifs is 1. The van der Waals surface area contributed by atoms with Crippen molar-refractivity contribution < 1.29 is 24.2 Å². The molecule has 1 fully saturated rings. The quantitative estimate of drug-likeness (QED) is 0.840. The maximum absolute atomic E-state index is 11.6. The van der Waals surface area contributed by atoms with E-state index in [1.807, 2.05) is 19.1 Å². The summed E-state index contributed by atoms with van der Waals surface area (Å²) in [7, 11) is 0. The minimum atomic E-state index is -0.661. The maximum atomic E-state index is 11.6. The Morgan fingerprint density at radius 1 is 1.31 bits per heavy atom. The van der Waals surface area contributed by atoms with E-state index < -0.39 is 12.2 Å². The molecule has 0 saturated carbocycles. The molecule has 0 bridgehead atoms. The largest absolute Gasteiger partial charge is 0.458 e. The van der Waals surface area contributed by atoms with Gasteiger partial charge in [-0.1, -0.05) is 25.1 Å². The van der Waals surface area contributed by atoms with Gasteiger partial charge in [0.05, 0.1) is 12.5 Å². The van der Waals surface area contributed by atoms with E-state index in [1.54, 1.807) is 0 Å². The van der Waals surface area contributed by atoms with Gasteiger partial charge in [-0.05, 0) is 48.4 Å². The summed E-state index contributed by atoms with van der Waals surface area (Å²) in [6, 6.07) is 4.18. The van der Waals surface area contributed by atoms with Crippen LogP contribution in [0.4, 0.5) is 0 Å². The molecule has 1 aliphatic carbocycles. The molecule has 4 atom stereocenters. The molecule has 1 heterocycles. The number of aliphatic hydroxyl groups is 1. The summed E-state index contributed by atoms with van der Waals surface area (Å²) in [5.74, 6) is -0.214. The van der Waals surface area contributed by atoms with Crippen LogP contribution in [0.1, 0.15) is 61.5 Å². The Morgan fingerprint density at radius 3 is 2.77 bits per heavy atom. The third kappa shape index (κ3) is 4.15. The van der Waals surface area contributed by atoms with Crippen LogP contribution in [-0.2, 0) is 25.5 Å². The van der Waals surface area contributed by atoms with Gasteiger partial charge >= 0.3 is 11.9 Å². The van der Waals surface area contributed by atoms with Crippen molar-refractivity contribution in [2.75, 3.05) is 0 Å². The number of hydrogen-bond acceptors (Lipinski definition) is 5. The van der Waals surface area contributed by atoms with Crippen molar-refractivity contribution in [3.8, 4) is 0 Å². The highest BCUT2D eigenvalue weighted by molar-refractivity contribution is 5.72. The van der Waals surface area contributed by atoms with E-state index in [9.17, 15) is 14.7 Å². The van der Waals surface area contributed by atoms with E-state index >= 15 is 0 Å². The second kappa shape index (κ2) is 7.62. The minimum Gasteiger partial charge on any atom is -0.458 e. The van der Waals surface area contributed by atoms with Gasteiger partial charge in [-0.3, -0.25) is 9.59 Å². The average Bonchev–Trinajstić information content (AvgIpc) is 2.52. The Hall–Kier alpha value is -2.14. The van der Waals surface area contributed by atoms with Crippen molar-refractivity contribution >= 4 is 18.0 Å². The molecule has 5 nitrogen and oxygen atoms in total. The summed E-state index contributed by atoms with van der Waals surface area (Å²) in [5.41, 5.74) is 4.34. The first kappa shape index (κ1) is 18.6.